The van der Waals surface area contributed by atoms with Gasteiger partial charge in [0.1, 0.15) is 0 Å². The Kier molecular flexibility index (Phi) is 5.30. The molecule has 2 heterocycles. The molecule has 0 bridgehead atoms. The third kappa shape index (κ3) is 3.85. The van der Waals surface area contributed by atoms with Gasteiger partial charge in [0.2, 0.25) is 0 Å². The molecule has 0 saturated carbocycles. The van der Waals surface area contributed by atoms with Crippen LogP contribution in [0.1, 0.15) is 47.4 Å². The molecule has 0 aliphatic carbocycles. The van der Waals surface area contributed by atoms with E-state index in [9.17, 15) is 4.79 Å². The van der Waals surface area contributed by atoms with Gasteiger partial charge in [-0.05, 0) is 32.3 Å². The highest BCUT2D eigenvalue weighted by Gasteiger charge is 2.28. The number of aryl methyl sites for hydroxylation is 2. The molecule has 1 saturated heterocycles. The van der Waals surface area contributed by atoms with E-state index in [1.807, 2.05) is 6.92 Å². The number of hydrogen-bond donors (Lipinski definition) is 1. The molecule has 1 aromatic heterocycles. The third-order valence-electron chi connectivity index (χ3n) is 4.59. The number of amides is 1. The number of hydrogen-bond acceptors (Lipinski definition) is 3. The van der Waals surface area contributed by atoms with Gasteiger partial charge in [-0.2, -0.15) is 5.10 Å². The van der Waals surface area contributed by atoms with Crippen molar-refractivity contribution in [3.05, 3.63) is 53.3 Å². The molecule has 5 heteroatoms. The minimum Gasteiger partial charge on any atom is -0.373 e. The summed E-state index contributed by atoms with van der Waals surface area (Å²) in [6.45, 7) is 6.25. The summed E-state index contributed by atoms with van der Waals surface area (Å²) in [6, 6.07) is 8.49. The average Bonchev–Trinajstić information content (AvgIpc) is 3.10. The van der Waals surface area contributed by atoms with Gasteiger partial charge in [-0.1, -0.05) is 29.8 Å². The van der Waals surface area contributed by atoms with E-state index in [4.69, 9.17) is 4.74 Å². The molecule has 1 aliphatic rings. The number of ether oxygens (including phenoxy) is 1. The fourth-order valence-electron chi connectivity index (χ4n) is 3.16. The lowest BCUT2D eigenvalue weighted by Crippen LogP contribution is -2.35. The maximum atomic E-state index is 12.3. The van der Waals surface area contributed by atoms with Crippen LogP contribution in [0.5, 0.6) is 0 Å². The minimum absolute atomic E-state index is 0.0537. The quantitative estimate of drug-likeness (QED) is 0.918. The van der Waals surface area contributed by atoms with Crippen molar-refractivity contribution in [1.82, 2.24) is 15.1 Å². The molecule has 3 rings (SSSR count). The maximum absolute atomic E-state index is 12.3. The number of benzene rings is 1. The van der Waals surface area contributed by atoms with E-state index in [2.05, 4.69) is 41.6 Å². The second kappa shape index (κ2) is 7.62. The number of carbonyl (C=O) groups excluding carboxylic acids is 1. The van der Waals surface area contributed by atoms with E-state index >= 15 is 0 Å². The molecule has 0 spiro atoms. The molecule has 24 heavy (non-hydrogen) atoms. The largest absolute Gasteiger partial charge is 0.373 e. The first-order valence-corrected chi connectivity index (χ1v) is 8.66. The lowest BCUT2D eigenvalue weighted by molar-refractivity contribution is -0.0272. The van der Waals surface area contributed by atoms with Crippen LogP contribution in [0, 0.1) is 12.8 Å². The topological polar surface area (TPSA) is 56.2 Å². The summed E-state index contributed by atoms with van der Waals surface area (Å²) in [5, 5.41) is 7.20. The number of nitrogens with zero attached hydrogens (tertiary/aromatic N) is 2. The van der Waals surface area contributed by atoms with Gasteiger partial charge in [0, 0.05) is 31.8 Å². The zero-order chi connectivity index (χ0) is 16.9. The summed E-state index contributed by atoms with van der Waals surface area (Å²) in [5.74, 6) is 0.231. The van der Waals surface area contributed by atoms with Gasteiger partial charge >= 0.3 is 0 Å². The normalized spacial score (nSPS) is 20.8. The van der Waals surface area contributed by atoms with Crippen molar-refractivity contribution in [2.75, 3.05) is 13.2 Å². The molecule has 0 radical (unpaired) electrons. The first kappa shape index (κ1) is 16.7. The second-order valence-corrected chi connectivity index (χ2v) is 6.40. The Hall–Kier alpha value is -2.14. The van der Waals surface area contributed by atoms with Crippen LogP contribution in [0.3, 0.4) is 0 Å². The van der Waals surface area contributed by atoms with E-state index in [0.717, 1.165) is 26.0 Å². The molecule has 0 unspecified atom stereocenters. The summed E-state index contributed by atoms with van der Waals surface area (Å²) in [6.07, 6.45) is 5.56. The van der Waals surface area contributed by atoms with Crippen LogP contribution in [0.2, 0.25) is 0 Å². The predicted octanol–water partition coefficient (Wildman–Crippen LogP) is 3.11. The summed E-state index contributed by atoms with van der Waals surface area (Å²) in [5.41, 5.74) is 3.05. The Balaban J connectivity index is 1.63. The van der Waals surface area contributed by atoms with Gasteiger partial charge in [-0.25, -0.2) is 0 Å². The number of nitrogens with one attached hydrogen (secondary N) is 1. The Morgan fingerprint density at radius 3 is 2.88 bits per heavy atom. The summed E-state index contributed by atoms with van der Waals surface area (Å²) >= 11 is 0. The average molecular weight is 327 g/mol. The molecule has 5 nitrogen and oxygen atoms in total. The standard InChI is InChI=1S/C19H25N3O2/c1-3-22-13-17(12-21-22)19(23)20-11-16-5-4-10-24-18(16)15-8-6-14(2)7-9-15/h6-9,12-13,16,18H,3-5,10-11H2,1-2H3,(H,20,23)/t16-,18-/m1/s1. The van der Waals surface area contributed by atoms with Crippen molar-refractivity contribution in [2.24, 2.45) is 5.92 Å². The second-order valence-electron chi connectivity index (χ2n) is 6.40. The number of rotatable bonds is 5. The van der Waals surface area contributed by atoms with Gasteiger partial charge in [0.25, 0.3) is 5.91 Å². The monoisotopic (exact) mass is 327 g/mol. The van der Waals surface area contributed by atoms with Crippen LogP contribution in [-0.2, 0) is 11.3 Å². The Labute approximate surface area is 143 Å². The van der Waals surface area contributed by atoms with E-state index in [-0.39, 0.29) is 12.0 Å². The van der Waals surface area contributed by atoms with Gasteiger partial charge < -0.3 is 10.1 Å². The van der Waals surface area contributed by atoms with Crippen molar-refractivity contribution in [1.29, 1.82) is 0 Å². The van der Waals surface area contributed by atoms with Crippen molar-refractivity contribution in [3.63, 3.8) is 0 Å². The molecule has 1 fully saturated rings. The fraction of sp³-hybridized carbons (Fsp3) is 0.474. The lowest BCUT2D eigenvalue weighted by Gasteiger charge is -2.32. The Morgan fingerprint density at radius 2 is 2.17 bits per heavy atom. The molecule has 2 aromatic rings. The number of carbonyl (C=O) groups is 1. The maximum Gasteiger partial charge on any atom is 0.254 e. The molecule has 1 aliphatic heterocycles. The summed E-state index contributed by atoms with van der Waals surface area (Å²) in [7, 11) is 0. The zero-order valence-corrected chi connectivity index (χ0v) is 14.4. The fourth-order valence-corrected chi connectivity index (χ4v) is 3.16. The minimum atomic E-state index is -0.0667. The smallest absolute Gasteiger partial charge is 0.254 e. The SMILES string of the molecule is CCn1cc(C(=O)NC[C@H]2CCCO[C@@H]2c2ccc(C)cc2)cn1. The van der Waals surface area contributed by atoms with E-state index < -0.39 is 0 Å². The first-order chi connectivity index (χ1) is 11.7. The van der Waals surface area contributed by atoms with E-state index in [0.29, 0.717) is 18.0 Å². The molecule has 1 amide bonds. The molecule has 2 atom stereocenters. The van der Waals surface area contributed by atoms with Crippen LogP contribution >= 0.6 is 0 Å². The summed E-state index contributed by atoms with van der Waals surface area (Å²) < 4.78 is 7.77. The molecule has 128 valence electrons. The van der Waals surface area contributed by atoms with E-state index in [1.54, 1.807) is 17.1 Å². The molecule has 1 N–H and O–H groups in total. The van der Waals surface area contributed by atoms with Crippen LogP contribution < -0.4 is 5.32 Å². The Bertz CT molecular complexity index is 678. The van der Waals surface area contributed by atoms with Gasteiger partial charge in [-0.3, -0.25) is 9.48 Å². The highest BCUT2D eigenvalue weighted by Crippen LogP contribution is 2.33. The van der Waals surface area contributed by atoms with Crippen molar-refractivity contribution in [2.45, 2.75) is 39.3 Å². The third-order valence-corrected chi connectivity index (χ3v) is 4.59. The molecular weight excluding hydrogens is 302 g/mol. The van der Waals surface area contributed by atoms with Gasteiger partial charge in [0.05, 0.1) is 17.9 Å². The van der Waals surface area contributed by atoms with Crippen LogP contribution in [0.4, 0.5) is 0 Å². The highest BCUT2D eigenvalue weighted by molar-refractivity contribution is 5.93. The molecule has 1 aromatic carbocycles. The van der Waals surface area contributed by atoms with Crippen molar-refractivity contribution in [3.8, 4) is 0 Å². The van der Waals surface area contributed by atoms with Crippen LogP contribution in [0.25, 0.3) is 0 Å². The molecular formula is C19H25N3O2. The van der Waals surface area contributed by atoms with E-state index in [1.165, 1.54) is 11.1 Å². The predicted molar refractivity (Wildman–Crippen MR) is 92.8 cm³/mol. The van der Waals surface area contributed by atoms with Gasteiger partial charge in [-0.15, -0.1) is 0 Å². The zero-order valence-electron chi connectivity index (χ0n) is 14.4. The Morgan fingerprint density at radius 1 is 1.38 bits per heavy atom. The van der Waals surface area contributed by atoms with Crippen molar-refractivity contribution < 1.29 is 9.53 Å². The highest BCUT2D eigenvalue weighted by atomic mass is 16.5. The van der Waals surface area contributed by atoms with Gasteiger partial charge in [0.15, 0.2) is 0 Å². The van der Waals surface area contributed by atoms with Crippen LogP contribution in [-0.4, -0.2) is 28.8 Å². The first-order valence-electron chi connectivity index (χ1n) is 8.66. The summed E-state index contributed by atoms with van der Waals surface area (Å²) in [4.78, 5) is 12.3. The number of aromatic nitrogens is 2. The van der Waals surface area contributed by atoms with Crippen LogP contribution in [0.15, 0.2) is 36.7 Å². The van der Waals surface area contributed by atoms with Crippen molar-refractivity contribution >= 4 is 5.91 Å². The lowest BCUT2D eigenvalue weighted by atomic mass is 9.89.